The second-order valence-corrected chi connectivity index (χ2v) is 10.5. The zero-order valence-electron chi connectivity index (χ0n) is 19.9. The molecule has 2 saturated carbocycles. The zero-order valence-corrected chi connectivity index (χ0v) is 19.9. The highest BCUT2D eigenvalue weighted by molar-refractivity contribution is 5.81. The SMILES string of the molecule is CN1C(=O)OC2CCC(C3CCC(C[C@@H](C#N)NC(=O)[C@@H]4CNC[C@@H](O)[C@H](O)CO4)CC3)CC21. The molecule has 2 amide bonds. The number of nitrogens with zero attached hydrogens (tertiary/aromatic N) is 2. The molecule has 4 fully saturated rings. The molecule has 7 atom stereocenters. The van der Waals surface area contributed by atoms with Crippen molar-refractivity contribution in [1.82, 2.24) is 15.5 Å². The van der Waals surface area contributed by atoms with Crippen molar-refractivity contribution in [2.45, 2.75) is 87.9 Å². The second kappa shape index (κ2) is 11.2. The van der Waals surface area contributed by atoms with Gasteiger partial charge in [-0.25, -0.2) is 4.79 Å². The van der Waals surface area contributed by atoms with Gasteiger partial charge < -0.3 is 35.2 Å². The van der Waals surface area contributed by atoms with Crippen LogP contribution in [0.25, 0.3) is 0 Å². The van der Waals surface area contributed by atoms with Crippen molar-refractivity contribution in [3.63, 3.8) is 0 Å². The molecule has 10 heteroatoms. The summed E-state index contributed by atoms with van der Waals surface area (Å²) in [5.41, 5.74) is 0. The van der Waals surface area contributed by atoms with Gasteiger partial charge in [0.05, 0.1) is 24.8 Å². The molecule has 2 heterocycles. The van der Waals surface area contributed by atoms with E-state index in [4.69, 9.17) is 9.47 Å². The van der Waals surface area contributed by atoms with E-state index in [9.17, 15) is 25.1 Å². The number of aliphatic hydroxyl groups is 2. The fraction of sp³-hybridized carbons (Fsp3) is 0.875. The lowest BCUT2D eigenvalue weighted by atomic mass is 9.68. The van der Waals surface area contributed by atoms with E-state index in [1.54, 1.807) is 4.90 Å². The third-order valence-electron chi connectivity index (χ3n) is 8.32. The normalized spacial score (nSPS) is 39.7. The van der Waals surface area contributed by atoms with Crippen molar-refractivity contribution in [3.8, 4) is 6.07 Å². The van der Waals surface area contributed by atoms with Crippen LogP contribution in [0.5, 0.6) is 0 Å². The minimum atomic E-state index is -1.05. The molecule has 0 spiro atoms. The summed E-state index contributed by atoms with van der Waals surface area (Å²) in [7, 11) is 1.84. The third kappa shape index (κ3) is 5.82. The lowest BCUT2D eigenvalue weighted by Gasteiger charge is -2.39. The van der Waals surface area contributed by atoms with Crippen molar-refractivity contribution < 1.29 is 29.3 Å². The van der Waals surface area contributed by atoms with Crippen LogP contribution in [0.3, 0.4) is 0 Å². The van der Waals surface area contributed by atoms with E-state index >= 15 is 0 Å². The number of carbonyl (C=O) groups excluding carboxylic acids is 2. The average molecular weight is 479 g/mol. The molecule has 3 unspecified atom stereocenters. The molecule has 0 radical (unpaired) electrons. The Kier molecular flexibility index (Phi) is 8.30. The summed E-state index contributed by atoms with van der Waals surface area (Å²) in [6.07, 6.45) is 5.07. The van der Waals surface area contributed by atoms with Crippen LogP contribution in [-0.4, -0.2) is 90.4 Å². The lowest BCUT2D eigenvalue weighted by molar-refractivity contribution is -0.139. The van der Waals surface area contributed by atoms with Crippen LogP contribution >= 0.6 is 0 Å². The van der Waals surface area contributed by atoms with E-state index < -0.39 is 24.4 Å². The molecule has 0 aromatic heterocycles. The fourth-order valence-electron chi connectivity index (χ4n) is 6.16. The highest BCUT2D eigenvalue weighted by Gasteiger charge is 2.45. The molecule has 2 saturated heterocycles. The number of hydrogen-bond acceptors (Lipinski definition) is 8. The molecule has 34 heavy (non-hydrogen) atoms. The van der Waals surface area contributed by atoms with E-state index in [2.05, 4.69) is 16.7 Å². The second-order valence-electron chi connectivity index (χ2n) is 10.5. The van der Waals surface area contributed by atoms with Gasteiger partial charge in [0, 0.05) is 20.1 Å². The molecule has 190 valence electrons. The Morgan fingerprint density at radius 2 is 1.91 bits per heavy atom. The fourth-order valence-corrected chi connectivity index (χ4v) is 6.16. The first-order valence-corrected chi connectivity index (χ1v) is 12.7. The van der Waals surface area contributed by atoms with Crippen molar-refractivity contribution in [3.05, 3.63) is 0 Å². The maximum absolute atomic E-state index is 12.7. The van der Waals surface area contributed by atoms with Gasteiger partial charge >= 0.3 is 6.09 Å². The summed E-state index contributed by atoms with van der Waals surface area (Å²) in [4.78, 5) is 26.3. The van der Waals surface area contributed by atoms with Crippen LogP contribution < -0.4 is 10.6 Å². The quantitative estimate of drug-likeness (QED) is 0.448. The molecule has 0 aromatic rings. The van der Waals surface area contributed by atoms with Gasteiger partial charge in [0.1, 0.15) is 24.4 Å². The molecular weight excluding hydrogens is 440 g/mol. The summed E-state index contributed by atoms with van der Waals surface area (Å²) in [6.45, 7) is 0.274. The van der Waals surface area contributed by atoms with Gasteiger partial charge in [-0.1, -0.05) is 12.8 Å². The molecule has 0 aromatic carbocycles. The van der Waals surface area contributed by atoms with Gasteiger partial charge in [0.2, 0.25) is 0 Å². The number of likely N-dealkylation sites (N-methyl/N-ethyl adjacent to an activating group) is 1. The predicted molar refractivity (Wildman–Crippen MR) is 121 cm³/mol. The zero-order chi connectivity index (χ0) is 24.2. The molecule has 2 aliphatic heterocycles. The highest BCUT2D eigenvalue weighted by atomic mass is 16.6. The number of carbonyl (C=O) groups is 2. The Labute approximate surface area is 201 Å². The average Bonchev–Trinajstić information content (AvgIpc) is 3.12. The van der Waals surface area contributed by atoms with E-state index in [1.165, 1.54) is 0 Å². The summed E-state index contributed by atoms with van der Waals surface area (Å²) in [6, 6.07) is 1.85. The summed E-state index contributed by atoms with van der Waals surface area (Å²) in [5, 5.41) is 34.8. The van der Waals surface area contributed by atoms with Gasteiger partial charge in [-0.2, -0.15) is 5.26 Å². The van der Waals surface area contributed by atoms with Crippen molar-refractivity contribution in [1.29, 1.82) is 5.26 Å². The van der Waals surface area contributed by atoms with Crippen LogP contribution in [0.4, 0.5) is 4.79 Å². The van der Waals surface area contributed by atoms with E-state index in [-0.39, 0.29) is 43.8 Å². The van der Waals surface area contributed by atoms with Crippen LogP contribution in [0.1, 0.15) is 51.4 Å². The van der Waals surface area contributed by atoms with Crippen molar-refractivity contribution in [2.75, 3.05) is 26.7 Å². The predicted octanol–water partition coefficient (Wildman–Crippen LogP) is 0.521. The minimum absolute atomic E-state index is 0.0513. The highest BCUT2D eigenvalue weighted by Crippen LogP contribution is 2.43. The first-order valence-electron chi connectivity index (χ1n) is 12.7. The van der Waals surface area contributed by atoms with Crippen LogP contribution in [0.15, 0.2) is 0 Å². The summed E-state index contributed by atoms with van der Waals surface area (Å²) in [5.74, 6) is 1.28. The Morgan fingerprint density at radius 3 is 2.65 bits per heavy atom. The Hall–Kier alpha value is -1.93. The van der Waals surface area contributed by atoms with Gasteiger partial charge in [0.15, 0.2) is 0 Å². The Bertz CT molecular complexity index is 767. The first-order chi connectivity index (χ1) is 16.4. The molecule has 0 bridgehead atoms. The largest absolute Gasteiger partial charge is 0.444 e. The number of nitrogens with one attached hydrogen (secondary N) is 2. The number of ether oxygens (including phenoxy) is 2. The monoisotopic (exact) mass is 478 g/mol. The van der Waals surface area contributed by atoms with Crippen LogP contribution in [-0.2, 0) is 14.3 Å². The Morgan fingerprint density at radius 1 is 1.18 bits per heavy atom. The maximum atomic E-state index is 12.7. The molecule has 2 aliphatic carbocycles. The van der Waals surface area contributed by atoms with Gasteiger partial charge in [0.25, 0.3) is 5.91 Å². The lowest BCUT2D eigenvalue weighted by Crippen LogP contribution is -2.52. The number of aliphatic hydroxyl groups excluding tert-OH is 2. The maximum Gasteiger partial charge on any atom is 0.410 e. The van der Waals surface area contributed by atoms with Crippen molar-refractivity contribution in [2.24, 2.45) is 17.8 Å². The van der Waals surface area contributed by atoms with Gasteiger partial charge in [-0.3, -0.25) is 4.79 Å². The molecule has 4 N–H and O–H groups in total. The van der Waals surface area contributed by atoms with Crippen LogP contribution in [0, 0.1) is 29.1 Å². The van der Waals surface area contributed by atoms with E-state index in [1.807, 2.05) is 7.05 Å². The summed E-state index contributed by atoms with van der Waals surface area (Å²) < 4.78 is 10.9. The van der Waals surface area contributed by atoms with Gasteiger partial charge in [-0.05, 0) is 56.3 Å². The molecule has 10 nitrogen and oxygen atoms in total. The number of rotatable bonds is 5. The number of hydrogen-bond donors (Lipinski definition) is 4. The number of β-amino-alcohol motifs (C(OH)–C–C–N with tert-alkyl or cyclic N) is 1. The smallest absolute Gasteiger partial charge is 0.410 e. The minimum Gasteiger partial charge on any atom is -0.444 e. The first kappa shape index (κ1) is 25.2. The van der Waals surface area contributed by atoms with E-state index in [0.29, 0.717) is 24.2 Å². The van der Waals surface area contributed by atoms with Crippen LogP contribution in [0.2, 0.25) is 0 Å². The molecular formula is C24H38N4O6. The topological polar surface area (TPSA) is 144 Å². The Balaban J connectivity index is 1.21. The molecule has 4 aliphatic rings. The summed E-state index contributed by atoms with van der Waals surface area (Å²) >= 11 is 0. The number of amides is 2. The van der Waals surface area contributed by atoms with Crippen molar-refractivity contribution >= 4 is 12.0 Å². The third-order valence-corrected chi connectivity index (χ3v) is 8.32. The number of nitriles is 1. The van der Waals surface area contributed by atoms with Gasteiger partial charge in [-0.15, -0.1) is 0 Å². The standard InChI is InChI=1S/C24H38N4O6/c1-28-18-9-16(6-7-21(18)34-24(28)32)15-4-2-14(3-5-15)8-17(10-25)27-23(31)22-12-26-11-19(29)20(30)13-33-22/h14-22,26,29-30H,2-9,11-13H2,1H3,(H,27,31)/t14?,15?,16?,17-,18?,19+,20+,21?,22-/m0/s1. The van der Waals surface area contributed by atoms with E-state index in [0.717, 1.165) is 44.9 Å². The molecule has 4 rings (SSSR count). The number of fused-ring (bicyclic) bond motifs is 1.